The third-order valence-corrected chi connectivity index (χ3v) is 1.51. The summed E-state index contributed by atoms with van der Waals surface area (Å²) in [6.07, 6.45) is 2.32. The van der Waals surface area contributed by atoms with E-state index in [1.54, 1.807) is 35.1 Å². The molecule has 0 heterocycles. The number of nitrogens with one attached hydrogen (secondary N) is 5. The molecule has 0 aromatic rings. The molecule has 4 amide bonds. The molecular weight excluding hydrogens is 520 g/mol. The average Bonchev–Trinajstić information content (AvgIpc) is 2.68. The lowest BCUT2D eigenvalue weighted by molar-refractivity contribution is -0.140. The van der Waals surface area contributed by atoms with Gasteiger partial charge in [-0.15, -0.1) is 0 Å². The lowest BCUT2D eigenvalue weighted by Gasteiger charge is -1.91. The zero-order valence-corrected chi connectivity index (χ0v) is 24.0. The Bertz CT molecular complexity index is 572. The molecule has 0 aromatic heterocycles. The molecule has 0 aliphatic heterocycles. The number of sulfone groups is 1. The second kappa shape index (κ2) is 58.3. The summed E-state index contributed by atoms with van der Waals surface area (Å²) in [7, 11) is 7.42. The molecule has 0 atom stereocenters. The van der Waals surface area contributed by atoms with E-state index in [1.165, 1.54) is 20.8 Å². The topological polar surface area (TPSA) is 241 Å². The first-order valence-corrected chi connectivity index (χ1v) is 12.0. The molecule has 0 saturated carbocycles. The van der Waals surface area contributed by atoms with Gasteiger partial charge in [0.2, 0.25) is 11.8 Å². The van der Waals surface area contributed by atoms with Crippen molar-refractivity contribution in [2.45, 2.75) is 42.5 Å². The first kappa shape index (κ1) is 64.0. The number of ether oxygens (including phenoxy) is 1. The summed E-state index contributed by atoms with van der Waals surface area (Å²) in [5.74, 6) is -0.201. The minimum atomic E-state index is -2.67. The first-order valence-electron chi connectivity index (χ1n) is 9.00. The van der Waals surface area contributed by atoms with E-state index in [0.29, 0.717) is 6.61 Å². The average molecular weight is 575 g/mol. The quantitative estimate of drug-likeness (QED) is 0.225. The molecule has 8 N–H and O–H groups in total. The Balaban J connectivity index is -0.0000000274. The van der Waals surface area contributed by atoms with Crippen LogP contribution in [0.1, 0.15) is 42.5 Å². The van der Waals surface area contributed by atoms with Crippen molar-refractivity contribution in [2.24, 2.45) is 0 Å². The van der Waals surface area contributed by atoms with Gasteiger partial charge >= 0.3 is 23.6 Å². The zero-order valence-electron chi connectivity index (χ0n) is 22.4. The van der Waals surface area contributed by atoms with Gasteiger partial charge in [-0.25, -0.2) is 13.2 Å². The Hall–Kier alpha value is -2.63. The molecule has 0 aromatic carbocycles. The van der Waals surface area contributed by atoms with Gasteiger partial charge in [-0.05, 0) is 21.0 Å². The van der Waals surface area contributed by atoms with E-state index in [-0.39, 0.29) is 44.8 Å². The fourth-order valence-electron chi connectivity index (χ4n) is 0.328. The van der Waals surface area contributed by atoms with Gasteiger partial charge in [-0.1, -0.05) is 14.9 Å². The molecule has 0 fully saturated rings. The van der Waals surface area contributed by atoms with E-state index in [9.17, 15) is 27.6 Å². The third-order valence-electron chi connectivity index (χ3n) is 1.51. The molecule has 0 rings (SSSR count). The maximum Gasteiger partial charge on any atom is 0.335 e. The van der Waals surface area contributed by atoms with Crippen LogP contribution in [0, 0.1) is 0 Å². The highest BCUT2D eigenvalue weighted by molar-refractivity contribution is 7.89. The summed E-state index contributed by atoms with van der Waals surface area (Å²) in [5.41, 5.74) is 0. The van der Waals surface area contributed by atoms with Crippen LogP contribution < -0.4 is 32.7 Å². The highest BCUT2D eigenvalue weighted by Gasteiger charge is 1.82. The lowest BCUT2D eigenvalue weighted by Crippen LogP contribution is -2.28. The van der Waals surface area contributed by atoms with Crippen LogP contribution in [0.15, 0.2) is 0 Å². The molecule has 0 aliphatic rings. The van der Waals surface area contributed by atoms with Gasteiger partial charge in [0.05, 0.1) is 6.61 Å². The number of hydrogen-bond acceptors (Lipinski definition) is 11. The normalized spacial score (nSPS) is 6.78. The van der Waals surface area contributed by atoms with Gasteiger partial charge in [-0.2, -0.15) is 8.42 Å². The molecule has 36 heavy (non-hydrogen) atoms. The summed E-state index contributed by atoms with van der Waals surface area (Å²) in [5, 5.41) is 12.3. The Kier molecular flexibility index (Phi) is 104. The molecule has 0 bridgehead atoms. The van der Waals surface area contributed by atoms with Crippen LogP contribution in [0.2, 0.25) is 0 Å². The number of hydrogen-bond donors (Lipinski definition) is 6. The van der Waals surface area contributed by atoms with Crippen molar-refractivity contribution in [1.29, 1.82) is 0 Å². The molecule has 0 radical (unpaired) electrons. The summed E-state index contributed by atoms with van der Waals surface area (Å²) in [6.45, 7) is 6.60. The van der Waals surface area contributed by atoms with Crippen molar-refractivity contribution in [2.75, 3.05) is 61.4 Å². The molecule has 0 unspecified atom stereocenters. The van der Waals surface area contributed by atoms with Gasteiger partial charge in [0.1, 0.15) is 9.84 Å². The maximum absolute atomic E-state index is 9.96. The molecule has 0 spiro atoms. The molecule has 17 heteroatoms. The number of carbonyl (C=O) groups excluding carboxylic acids is 4. The highest BCUT2D eigenvalue weighted by Crippen LogP contribution is 1.69. The zero-order chi connectivity index (χ0) is 28.5. The predicted molar refractivity (Wildman–Crippen MR) is 148 cm³/mol. The van der Waals surface area contributed by atoms with Crippen molar-refractivity contribution in [3.8, 4) is 0 Å². The van der Waals surface area contributed by atoms with Gasteiger partial charge in [-0.3, -0.25) is 14.4 Å². The minimum absolute atomic E-state index is 0. The highest BCUT2D eigenvalue weighted by atomic mass is 32.2. The Morgan fingerprint density at radius 1 is 0.722 bits per heavy atom. The SMILES string of the molecule is C.C.CCOC(C)=O.CNC.CNC(=O)NC.CNC(C)=O.CNC(C)=O.CS(C)(=O)=O.N.O=S=O. The van der Waals surface area contributed by atoms with Crippen molar-refractivity contribution in [3.05, 3.63) is 0 Å². The van der Waals surface area contributed by atoms with Crippen LogP contribution >= 0.6 is 0 Å². The van der Waals surface area contributed by atoms with Gasteiger partial charge < -0.3 is 37.5 Å². The minimum Gasteiger partial charge on any atom is -0.466 e. The fourth-order valence-corrected chi connectivity index (χ4v) is 0.328. The van der Waals surface area contributed by atoms with E-state index in [0.717, 1.165) is 12.5 Å². The van der Waals surface area contributed by atoms with Crippen molar-refractivity contribution in [1.82, 2.24) is 32.7 Å². The van der Waals surface area contributed by atoms with Gasteiger partial charge in [0.15, 0.2) is 0 Å². The molecule has 15 nitrogen and oxygen atoms in total. The standard InChI is InChI=1S/C4H8O2.C3H8N2O.2C3H7NO.C2H7N.C2H6O2S.2CH4.H3N.O2S/c1-3-6-4(2)5;1-4-3(6)5-2;2*1-3(5)4-2;1-3-2;1-5(2,3)4;;;;1-3-2/h3H2,1-2H3;1-2H3,(H2,4,5,6);2*1-2H3,(H,4,5);3H,1-2H3;1-2H3;2*1H4;1H3;. The van der Waals surface area contributed by atoms with Crippen LogP contribution in [0.25, 0.3) is 0 Å². The van der Waals surface area contributed by atoms with Gasteiger partial charge in [0.25, 0.3) is 0 Å². The Morgan fingerprint density at radius 2 is 0.889 bits per heavy atom. The summed E-state index contributed by atoms with van der Waals surface area (Å²) in [4.78, 5) is 39.2. The van der Waals surface area contributed by atoms with Crippen LogP contribution in [0.3, 0.4) is 0 Å². The summed E-state index contributed by atoms with van der Waals surface area (Å²) in [6, 6.07) is -0.157. The number of esters is 1. The van der Waals surface area contributed by atoms with Crippen LogP contribution in [0.5, 0.6) is 0 Å². The number of carbonyl (C=O) groups is 4. The van der Waals surface area contributed by atoms with Crippen molar-refractivity contribution < 1.29 is 40.8 Å². The van der Waals surface area contributed by atoms with E-state index in [2.05, 4.69) is 31.3 Å². The smallest absolute Gasteiger partial charge is 0.335 e. The second-order valence-electron chi connectivity index (χ2n) is 5.08. The predicted octanol–water partition coefficient (Wildman–Crippen LogP) is -0.120. The fraction of sp³-hybridized carbons (Fsp3) is 0.789. The van der Waals surface area contributed by atoms with Crippen LogP contribution in [-0.4, -0.2) is 102 Å². The second-order valence-corrected chi connectivity index (χ2v) is 7.50. The number of rotatable bonds is 1. The van der Waals surface area contributed by atoms with Crippen LogP contribution in [0.4, 0.5) is 4.79 Å². The third kappa shape index (κ3) is 413. The van der Waals surface area contributed by atoms with E-state index in [4.69, 9.17) is 8.42 Å². The lowest BCUT2D eigenvalue weighted by atomic mass is 10.7. The van der Waals surface area contributed by atoms with E-state index < -0.39 is 21.4 Å². The van der Waals surface area contributed by atoms with Crippen molar-refractivity contribution >= 4 is 45.2 Å². The number of urea groups is 1. The Morgan fingerprint density at radius 3 is 0.889 bits per heavy atom. The monoisotopic (exact) mass is 574 g/mol. The van der Waals surface area contributed by atoms with Gasteiger partial charge in [0, 0.05) is 61.5 Å². The largest absolute Gasteiger partial charge is 0.466 e. The van der Waals surface area contributed by atoms with Crippen LogP contribution in [-0.2, 0) is 40.5 Å². The molecular formula is C19H54N6O9S2. The molecule has 0 saturated heterocycles. The first-order chi connectivity index (χ1) is 14.9. The Labute approximate surface area is 222 Å². The molecule has 0 aliphatic carbocycles. The maximum atomic E-state index is 9.96. The van der Waals surface area contributed by atoms with E-state index >= 15 is 0 Å². The van der Waals surface area contributed by atoms with E-state index in [1.807, 2.05) is 14.1 Å². The number of amides is 4. The summed E-state index contributed by atoms with van der Waals surface area (Å²) >= 11 is -0.750. The van der Waals surface area contributed by atoms with Crippen molar-refractivity contribution in [3.63, 3.8) is 0 Å². The molecule has 226 valence electrons. The summed E-state index contributed by atoms with van der Waals surface area (Å²) < 4.78 is 40.2.